The zero-order valence-corrected chi connectivity index (χ0v) is 18.0. The second kappa shape index (κ2) is 9.82. The smallest absolute Gasteiger partial charge is 0.339 e. The summed E-state index contributed by atoms with van der Waals surface area (Å²) in [6.07, 6.45) is 1.69. The third kappa shape index (κ3) is 5.10. The van der Waals surface area contributed by atoms with Gasteiger partial charge >= 0.3 is 5.97 Å². The fourth-order valence-corrected chi connectivity index (χ4v) is 3.51. The van der Waals surface area contributed by atoms with E-state index in [1.165, 1.54) is 4.90 Å². The van der Waals surface area contributed by atoms with E-state index in [1.807, 2.05) is 36.4 Å². The van der Waals surface area contributed by atoms with Crippen LogP contribution in [0.2, 0.25) is 0 Å². The lowest BCUT2D eigenvalue weighted by Crippen LogP contribution is -2.44. The number of para-hydroxylation sites is 2. The van der Waals surface area contributed by atoms with Crippen LogP contribution in [0.15, 0.2) is 78.9 Å². The standard InChI is InChI=1S/C26H22N2O5/c1-32-20-11-7-8-18(14-20)15-21(19-9-3-2-4-10-19)26(31)33-17-25(30)28-16-24(29)27-22-12-5-6-13-23(22)28/h2-15H,16-17H2,1H3,(H,27,29)/b21-15+. The van der Waals surface area contributed by atoms with Gasteiger partial charge in [0.25, 0.3) is 5.91 Å². The van der Waals surface area contributed by atoms with Crippen molar-refractivity contribution >= 4 is 40.8 Å². The number of carbonyl (C=O) groups is 3. The summed E-state index contributed by atoms with van der Waals surface area (Å²) in [6.45, 7) is -0.638. The lowest BCUT2D eigenvalue weighted by Gasteiger charge is -2.28. The molecule has 33 heavy (non-hydrogen) atoms. The second-order valence-corrected chi connectivity index (χ2v) is 7.32. The first-order chi connectivity index (χ1) is 16.0. The van der Waals surface area contributed by atoms with Crippen molar-refractivity contribution < 1.29 is 23.9 Å². The molecule has 3 aromatic carbocycles. The van der Waals surface area contributed by atoms with Crippen molar-refractivity contribution in [3.05, 3.63) is 90.0 Å². The number of carbonyl (C=O) groups excluding carboxylic acids is 3. The van der Waals surface area contributed by atoms with Gasteiger partial charge in [-0.2, -0.15) is 0 Å². The Morgan fingerprint density at radius 2 is 1.76 bits per heavy atom. The van der Waals surface area contributed by atoms with Gasteiger partial charge in [-0.05, 0) is 41.5 Å². The molecule has 1 aliphatic rings. The molecule has 4 rings (SSSR count). The zero-order chi connectivity index (χ0) is 23.2. The minimum Gasteiger partial charge on any atom is -0.497 e. The van der Waals surface area contributed by atoms with Crippen molar-refractivity contribution in [2.24, 2.45) is 0 Å². The van der Waals surface area contributed by atoms with Gasteiger partial charge in [-0.25, -0.2) is 4.79 Å². The molecule has 0 saturated heterocycles. The summed E-state index contributed by atoms with van der Waals surface area (Å²) < 4.78 is 10.6. The molecule has 1 heterocycles. The summed E-state index contributed by atoms with van der Waals surface area (Å²) in [5.41, 5.74) is 2.80. The average molecular weight is 442 g/mol. The molecule has 0 atom stereocenters. The summed E-state index contributed by atoms with van der Waals surface area (Å²) in [4.78, 5) is 39.2. The van der Waals surface area contributed by atoms with Gasteiger partial charge in [0.15, 0.2) is 6.61 Å². The predicted molar refractivity (Wildman–Crippen MR) is 126 cm³/mol. The number of anilines is 2. The van der Waals surface area contributed by atoms with E-state index in [0.717, 1.165) is 5.56 Å². The Balaban J connectivity index is 1.55. The van der Waals surface area contributed by atoms with Crippen molar-refractivity contribution in [1.29, 1.82) is 0 Å². The van der Waals surface area contributed by atoms with Gasteiger partial charge < -0.3 is 14.8 Å². The Labute approximate surface area is 191 Å². The first-order valence-corrected chi connectivity index (χ1v) is 10.3. The van der Waals surface area contributed by atoms with Crippen molar-refractivity contribution in [3.8, 4) is 5.75 Å². The topological polar surface area (TPSA) is 84.9 Å². The van der Waals surface area contributed by atoms with E-state index in [2.05, 4.69) is 5.32 Å². The van der Waals surface area contributed by atoms with E-state index < -0.39 is 18.5 Å². The molecule has 0 saturated carbocycles. The third-order valence-corrected chi connectivity index (χ3v) is 5.11. The van der Waals surface area contributed by atoms with E-state index >= 15 is 0 Å². The monoisotopic (exact) mass is 442 g/mol. The highest BCUT2D eigenvalue weighted by atomic mass is 16.5. The molecule has 7 nitrogen and oxygen atoms in total. The minimum absolute atomic E-state index is 0.140. The van der Waals surface area contributed by atoms with Gasteiger partial charge in [0.05, 0.1) is 24.1 Å². The number of methoxy groups -OCH3 is 1. The van der Waals surface area contributed by atoms with E-state index in [1.54, 1.807) is 55.7 Å². The maximum atomic E-state index is 13.0. The molecule has 2 amide bonds. The van der Waals surface area contributed by atoms with Crippen LogP contribution in [-0.2, 0) is 19.1 Å². The molecule has 0 unspecified atom stereocenters. The number of fused-ring (bicyclic) bond motifs is 1. The number of nitrogens with one attached hydrogen (secondary N) is 1. The van der Waals surface area contributed by atoms with Crippen LogP contribution in [0.1, 0.15) is 11.1 Å². The van der Waals surface area contributed by atoms with Crippen molar-refractivity contribution in [2.75, 3.05) is 30.5 Å². The quantitative estimate of drug-likeness (QED) is 0.357. The molecule has 0 aliphatic carbocycles. The Kier molecular flexibility index (Phi) is 6.50. The van der Waals surface area contributed by atoms with Crippen molar-refractivity contribution in [2.45, 2.75) is 0 Å². The Bertz CT molecular complexity index is 1220. The summed E-state index contributed by atoms with van der Waals surface area (Å²) in [6, 6.07) is 23.3. The van der Waals surface area contributed by atoms with Gasteiger partial charge in [-0.15, -0.1) is 0 Å². The Morgan fingerprint density at radius 1 is 1.00 bits per heavy atom. The Hall–Kier alpha value is -4.39. The van der Waals surface area contributed by atoms with Crippen LogP contribution in [0, 0.1) is 0 Å². The molecule has 1 aliphatic heterocycles. The van der Waals surface area contributed by atoms with E-state index in [-0.39, 0.29) is 12.5 Å². The lowest BCUT2D eigenvalue weighted by atomic mass is 10.0. The highest BCUT2D eigenvalue weighted by molar-refractivity contribution is 6.22. The minimum atomic E-state index is -0.646. The molecule has 7 heteroatoms. The molecule has 166 valence electrons. The molecule has 0 spiro atoms. The first-order valence-electron chi connectivity index (χ1n) is 10.3. The summed E-state index contributed by atoms with van der Waals surface area (Å²) in [7, 11) is 1.57. The van der Waals surface area contributed by atoms with Crippen LogP contribution in [0.5, 0.6) is 5.75 Å². The van der Waals surface area contributed by atoms with Crippen LogP contribution in [0.4, 0.5) is 11.4 Å². The average Bonchev–Trinajstić information content (AvgIpc) is 2.85. The van der Waals surface area contributed by atoms with Crippen LogP contribution in [0.25, 0.3) is 11.6 Å². The summed E-state index contributed by atoms with van der Waals surface area (Å²) in [5, 5.41) is 2.73. The van der Waals surface area contributed by atoms with Crippen molar-refractivity contribution in [1.82, 2.24) is 0 Å². The zero-order valence-electron chi connectivity index (χ0n) is 18.0. The fourth-order valence-electron chi connectivity index (χ4n) is 3.51. The molecular weight excluding hydrogens is 420 g/mol. The van der Waals surface area contributed by atoms with Gasteiger partial charge in [0.1, 0.15) is 12.3 Å². The van der Waals surface area contributed by atoms with Crippen LogP contribution >= 0.6 is 0 Å². The van der Waals surface area contributed by atoms with Crippen LogP contribution in [-0.4, -0.2) is 38.0 Å². The number of amides is 2. The van der Waals surface area contributed by atoms with Crippen LogP contribution < -0.4 is 15.0 Å². The van der Waals surface area contributed by atoms with Crippen LogP contribution in [0.3, 0.4) is 0 Å². The maximum absolute atomic E-state index is 13.0. The normalized spacial score (nSPS) is 13.1. The highest BCUT2D eigenvalue weighted by Crippen LogP contribution is 2.29. The molecular formula is C26H22N2O5. The number of benzene rings is 3. The van der Waals surface area contributed by atoms with E-state index in [0.29, 0.717) is 28.3 Å². The molecule has 3 aromatic rings. The first kappa shape index (κ1) is 21.8. The number of nitrogens with zero attached hydrogens (tertiary/aromatic N) is 1. The number of ether oxygens (including phenoxy) is 2. The third-order valence-electron chi connectivity index (χ3n) is 5.11. The lowest BCUT2D eigenvalue weighted by molar-refractivity contribution is -0.142. The molecule has 0 radical (unpaired) electrons. The summed E-state index contributed by atoms with van der Waals surface area (Å²) >= 11 is 0. The highest BCUT2D eigenvalue weighted by Gasteiger charge is 2.27. The SMILES string of the molecule is COc1cccc(/C=C(/C(=O)OCC(=O)N2CC(=O)Nc3ccccc32)c2ccccc2)c1. The molecule has 0 bridgehead atoms. The fraction of sp³-hybridized carbons (Fsp3) is 0.115. The number of esters is 1. The molecule has 0 fully saturated rings. The molecule has 1 N–H and O–H groups in total. The van der Waals surface area contributed by atoms with Gasteiger partial charge in [-0.3, -0.25) is 14.5 Å². The predicted octanol–water partition coefficient (Wildman–Crippen LogP) is 3.76. The number of hydrogen-bond acceptors (Lipinski definition) is 5. The van der Waals surface area contributed by atoms with E-state index in [9.17, 15) is 14.4 Å². The molecule has 0 aromatic heterocycles. The Morgan fingerprint density at radius 3 is 2.55 bits per heavy atom. The summed E-state index contributed by atoms with van der Waals surface area (Å²) in [5.74, 6) is -0.787. The van der Waals surface area contributed by atoms with Gasteiger partial charge in [-0.1, -0.05) is 54.6 Å². The van der Waals surface area contributed by atoms with Crippen molar-refractivity contribution in [3.63, 3.8) is 0 Å². The largest absolute Gasteiger partial charge is 0.497 e. The number of hydrogen-bond donors (Lipinski definition) is 1. The second-order valence-electron chi connectivity index (χ2n) is 7.32. The van der Waals surface area contributed by atoms with E-state index in [4.69, 9.17) is 9.47 Å². The van der Waals surface area contributed by atoms with Gasteiger partial charge in [0, 0.05) is 0 Å². The maximum Gasteiger partial charge on any atom is 0.339 e. The van der Waals surface area contributed by atoms with Gasteiger partial charge in [0.2, 0.25) is 5.91 Å². The number of rotatable bonds is 6.